The summed E-state index contributed by atoms with van der Waals surface area (Å²) in [7, 11) is 0. The molecule has 0 spiro atoms. The molecule has 48 nitrogen and oxygen atoms in total. The van der Waals surface area contributed by atoms with Crippen LogP contribution < -0.4 is 53.2 Å². The normalized spacial score (nSPS) is 21.3. The number of carboxylic acids is 1. The average molecular weight is 1990 g/mol. The Bertz CT molecular complexity index is 3680. The van der Waals surface area contributed by atoms with Crippen LogP contribution in [0.25, 0.3) is 0 Å². The molecule has 6 unspecified atom stereocenters. The van der Waals surface area contributed by atoms with Crippen molar-refractivity contribution in [3.63, 3.8) is 0 Å². The molecular weight excluding hydrogens is 1840 g/mol. The van der Waals surface area contributed by atoms with E-state index in [2.05, 4.69) is 53.2 Å². The molecule has 0 aromatic rings. The van der Waals surface area contributed by atoms with Crippen LogP contribution in [0.2, 0.25) is 0 Å². The van der Waals surface area contributed by atoms with E-state index in [9.17, 15) is 91.1 Å². The number of nitrogens with one attached hydrogen (secondary N) is 10. The Balaban J connectivity index is 1.65. The van der Waals surface area contributed by atoms with E-state index in [4.69, 9.17) is 90.4 Å². The van der Waals surface area contributed by atoms with Gasteiger partial charge in [0.2, 0.25) is 53.2 Å². The maximum absolute atomic E-state index is 14.1. The molecule has 139 heavy (non-hydrogen) atoms. The van der Waals surface area contributed by atoms with Gasteiger partial charge >= 0.3 is 59.7 Å². The van der Waals surface area contributed by atoms with Gasteiger partial charge in [-0.15, -0.1) is 0 Å². The summed E-state index contributed by atoms with van der Waals surface area (Å²) in [6.07, 6.45) is -4.78. The molecule has 48 heteroatoms. The van der Waals surface area contributed by atoms with E-state index in [0.717, 1.165) is 93.9 Å². The predicted octanol–water partition coefficient (Wildman–Crippen LogP) is 0.917. The van der Waals surface area contributed by atoms with Gasteiger partial charge in [-0.25, -0.2) is 0 Å². The zero-order valence-electron chi connectivity index (χ0n) is 82.3. The maximum Gasteiger partial charge on any atom is 0.303 e. The first-order chi connectivity index (χ1) is 66.2. The number of hydrogen-bond donors (Lipinski definition) is 11. The second kappa shape index (κ2) is 71.0. The van der Waals surface area contributed by atoms with Crippen molar-refractivity contribution in [1.82, 2.24) is 53.2 Å². The molecule has 0 aromatic carbocycles. The highest BCUT2D eigenvalue weighted by atomic mass is 16.7. The van der Waals surface area contributed by atoms with Crippen molar-refractivity contribution in [3.8, 4) is 0 Å². The lowest BCUT2D eigenvalue weighted by molar-refractivity contribution is -0.277. The van der Waals surface area contributed by atoms with Gasteiger partial charge in [0.15, 0.2) is 55.5 Å². The summed E-state index contributed by atoms with van der Waals surface area (Å²) in [5, 5.41) is 37.5. The number of aliphatic carboxylic acids is 1. The smallest absolute Gasteiger partial charge is 0.303 e. The van der Waals surface area contributed by atoms with Gasteiger partial charge in [0.05, 0.1) is 33.0 Å². The molecule has 3 fully saturated rings. The Kier molecular flexibility index (Phi) is 62.7. The van der Waals surface area contributed by atoms with E-state index in [1.54, 1.807) is 0 Å². The fourth-order valence-electron chi connectivity index (χ4n) is 14.8. The van der Waals surface area contributed by atoms with Crippen molar-refractivity contribution in [2.24, 2.45) is 0 Å². The molecule has 3 heterocycles. The lowest BCUT2D eigenvalue weighted by atomic mass is 9.96. The number of amides is 9. The van der Waals surface area contributed by atoms with Crippen LogP contribution in [0.3, 0.4) is 0 Å². The molecule has 3 rings (SSSR count). The van der Waals surface area contributed by atoms with Crippen molar-refractivity contribution < 1.29 is 181 Å². The van der Waals surface area contributed by atoms with Crippen LogP contribution in [0.1, 0.15) is 244 Å². The standard InChI is InChI=1S/C91H150N10O38/c1-57(102)98-79-85(134-66(10)111)82(131-63(7)108)69(51-128-60(4)105)137-88(79)125-46-24-21-31-72(114)93-40-27-38-92-39-30-45-122-54-91(101-77(119)34-19-17-15-13-14-16-18-20-35-78(120)121,55-123-49-36-75(117)96-43-28-41-94-73(115)32-22-25-47-126-89-80(99-58(2)103)86(135-67(11)112)83(132-64(8)109)70(138-89)52-129-61(5)106)56-124-50-37-76(118)97-44-29-42-95-74(116)33-23-26-48-127-90-81(100-59(3)104)87(136-68(12)113)84(133-65(9)110)71(139-90)53-130-62(6)107/h69-71,79-90,92H,13-56H2,1-12H3,(H,93,114)(H,94,115)(H,95,116)(H,96,117)(H,97,118)(H,98,102)(H,99,103)(H,100,104)(H,101,119)(H,120,121)/t69?,70?,71?,79?,80?,81?,82-,83-,84-,85+,86+,87+,88+,89+,90+,91?/m0/s1. The summed E-state index contributed by atoms with van der Waals surface area (Å²) in [6, 6.07) is -3.48. The lowest BCUT2D eigenvalue weighted by Crippen LogP contribution is -2.66. The van der Waals surface area contributed by atoms with Crippen LogP contribution in [0.15, 0.2) is 0 Å². The number of unbranched alkanes of at least 4 members (excludes halogenated alkanes) is 10. The topological polar surface area (TPSA) is 631 Å². The summed E-state index contributed by atoms with van der Waals surface area (Å²) in [6.45, 7) is 14.2. The molecule has 3 aliphatic rings. The quantitative estimate of drug-likeness (QED) is 0.0229. The Morgan fingerprint density at radius 1 is 0.266 bits per heavy atom. The maximum atomic E-state index is 14.1. The molecule has 792 valence electrons. The number of ether oxygens (including phenoxy) is 18. The molecule has 11 N–H and O–H groups in total. The van der Waals surface area contributed by atoms with Gasteiger partial charge in [0, 0.05) is 187 Å². The molecule has 0 saturated carbocycles. The summed E-state index contributed by atoms with van der Waals surface area (Å²) in [5.74, 6) is -11.0. The molecule has 0 bridgehead atoms. The monoisotopic (exact) mass is 1990 g/mol. The molecule has 3 aliphatic heterocycles. The summed E-state index contributed by atoms with van der Waals surface area (Å²) >= 11 is 0. The Labute approximate surface area is 810 Å². The van der Waals surface area contributed by atoms with Crippen LogP contribution in [0, 0.1) is 0 Å². The van der Waals surface area contributed by atoms with Gasteiger partial charge in [-0.1, -0.05) is 38.5 Å². The van der Waals surface area contributed by atoms with Crippen molar-refractivity contribution in [1.29, 1.82) is 0 Å². The molecule has 0 radical (unpaired) electrons. The van der Waals surface area contributed by atoms with Crippen molar-refractivity contribution >= 4 is 113 Å². The van der Waals surface area contributed by atoms with Gasteiger partial charge in [-0.3, -0.25) is 91.1 Å². The third-order valence-electron chi connectivity index (χ3n) is 21.0. The molecule has 0 aromatic heterocycles. The zero-order chi connectivity index (χ0) is 103. The molecule has 15 atom stereocenters. The van der Waals surface area contributed by atoms with Crippen LogP contribution in [0.5, 0.6) is 0 Å². The van der Waals surface area contributed by atoms with Crippen molar-refractivity contribution in [3.05, 3.63) is 0 Å². The number of carbonyl (C=O) groups is 19. The third kappa shape index (κ3) is 56.5. The number of carbonyl (C=O) groups excluding carboxylic acids is 18. The number of hydrogen-bond acceptors (Lipinski definition) is 38. The first kappa shape index (κ1) is 123. The van der Waals surface area contributed by atoms with E-state index in [-0.39, 0.29) is 166 Å². The van der Waals surface area contributed by atoms with Crippen molar-refractivity contribution in [2.45, 2.75) is 341 Å². The van der Waals surface area contributed by atoms with Crippen LogP contribution in [-0.4, -0.2) is 341 Å². The van der Waals surface area contributed by atoms with Gasteiger partial charge in [-0.05, 0) is 90.1 Å². The highest BCUT2D eigenvalue weighted by Gasteiger charge is 2.55. The summed E-state index contributed by atoms with van der Waals surface area (Å²) < 4.78 is 103. The van der Waals surface area contributed by atoms with Crippen LogP contribution >= 0.6 is 0 Å². The summed E-state index contributed by atoms with van der Waals surface area (Å²) in [4.78, 5) is 236. The molecule has 3 saturated heterocycles. The van der Waals surface area contributed by atoms with Gasteiger partial charge in [0.1, 0.15) is 61.8 Å². The first-order valence-corrected chi connectivity index (χ1v) is 47.5. The van der Waals surface area contributed by atoms with Crippen molar-refractivity contribution in [2.75, 3.05) is 125 Å². The third-order valence-corrected chi connectivity index (χ3v) is 21.0. The number of carboxylic acid groups (broad SMARTS) is 1. The second-order valence-corrected chi connectivity index (χ2v) is 33.8. The average Bonchev–Trinajstić information content (AvgIpc) is 0.794. The second-order valence-electron chi connectivity index (χ2n) is 33.8. The van der Waals surface area contributed by atoms with Gasteiger partial charge in [-0.2, -0.15) is 0 Å². The van der Waals surface area contributed by atoms with E-state index in [1.165, 1.54) is 27.7 Å². The Hall–Kier alpha value is -10.5. The minimum absolute atomic E-state index is 0.00543. The minimum atomic E-state index is -1.36. The molecular formula is C91H150N10O38. The van der Waals surface area contributed by atoms with Crippen LogP contribution in [-0.2, 0) is 176 Å². The summed E-state index contributed by atoms with van der Waals surface area (Å²) in [5.41, 5.74) is -1.36. The Morgan fingerprint density at radius 3 is 0.820 bits per heavy atom. The largest absolute Gasteiger partial charge is 0.481 e. The predicted molar refractivity (Wildman–Crippen MR) is 484 cm³/mol. The highest BCUT2D eigenvalue weighted by Crippen LogP contribution is 2.32. The zero-order valence-corrected chi connectivity index (χ0v) is 82.3. The minimum Gasteiger partial charge on any atom is -0.481 e. The fourth-order valence-corrected chi connectivity index (χ4v) is 14.8. The number of esters is 9. The fraction of sp³-hybridized carbons (Fsp3) is 0.791. The molecule has 0 aliphatic carbocycles. The first-order valence-electron chi connectivity index (χ1n) is 47.5. The number of rotatable bonds is 73. The van der Waals surface area contributed by atoms with E-state index in [0.29, 0.717) is 96.7 Å². The van der Waals surface area contributed by atoms with Gasteiger partial charge < -0.3 is 144 Å². The van der Waals surface area contributed by atoms with Gasteiger partial charge in [0.25, 0.3) is 0 Å². The van der Waals surface area contributed by atoms with E-state index < -0.39 is 195 Å². The van der Waals surface area contributed by atoms with Crippen LogP contribution in [0.4, 0.5) is 0 Å². The van der Waals surface area contributed by atoms with E-state index in [1.807, 2.05) is 0 Å². The molecule has 9 amide bonds. The SMILES string of the molecule is CC(=O)NC1[C@H](OCCCCC(=O)NCCCNCCCOCC(COCCC(=O)NCCCNC(=O)CCCCO[C@@H]2OC(COC(C)=O)[C@H](OC(C)=O)[C@H](OC(C)=O)C2NC(C)=O)(COCCC(=O)NCCCNC(=O)CCCCO[C@@H]2OC(COC(C)=O)[C@H](OC(C)=O)[C@H](OC(C)=O)C2NC(C)=O)NC(=O)CCCCCCCCCCC(=O)O)OC(COC(C)=O)[C@H](OC(C)=O)[C@@H]1OC(C)=O. The van der Waals surface area contributed by atoms with E-state index >= 15 is 0 Å². The highest BCUT2D eigenvalue weighted by molar-refractivity contribution is 5.80. The Morgan fingerprint density at radius 2 is 0.525 bits per heavy atom. The lowest BCUT2D eigenvalue weighted by Gasteiger charge is -2.44.